The molecule has 2 rings (SSSR count). The van der Waals surface area contributed by atoms with Crippen molar-refractivity contribution in [3.63, 3.8) is 0 Å². The van der Waals surface area contributed by atoms with Crippen molar-refractivity contribution in [1.82, 2.24) is 4.90 Å². The summed E-state index contributed by atoms with van der Waals surface area (Å²) in [7, 11) is 1.54. The van der Waals surface area contributed by atoms with Gasteiger partial charge in [-0.05, 0) is 23.4 Å². The molecule has 1 amide bonds. The van der Waals surface area contributed by atoms with E-state index in [9.17, 15) is 14.7 Å². The second kappa shape index (κ2) is 6.54. The van der Waals surface area contributed by atoms with Gasteiger partial charge in [-0.25, -0.2) is 4.79 Å². The van der Waals surface area contributed by atoms with Crippen LogP contribution in [0.5, 0.6) is 0 Å². The number of aliphatic carboxylic acids is 1. The van der Waals surface area contributed by atoms with E-state index in [1.54, 1.807) is 12.4 Å². The molecule has 0 saturated carbocycles. The minimum atomic E-state index is -0.998. The van der Waals surface area contributed by atoms with E-state index in [4.69, 9.17) is 0 Å². The normalized spacial score (nSPS) is 11.9. The Morgan fingerprint density at radius 3 is 2.43 bits per heavy atom. The average molecular weight is 303 g/mol. The molecule has 0 radical (unpaired) electrons. The molecule has 2 aromatic rings. The largest absolute Gasteiger partial charge is 0.480 e. The average Bonchev–Trinajstić information content (AvgIpc) is 2.90. The summed E-state index contributed by atoms with van der Waals surface area (Å²) in [6.45, 7) is 1.85. The van der Waals surface area contributed by atoms with Gasteiger partial charge in [-0.3, -0.25) is 4.79 Å². The molecular weight excluding hydrogens is 286 g/mol. The predicted octanol–water partition coefficient (Wildman–Crippen LogP) is 2.82. The molecule has 0 spiro atoms. The number of rotatable bonds is 5. The first-order valence-corrected chi connectivity index (χ1v) is 7.51. The van der Waals surface area contributed by atoms with E-state index >= 15 is 0 Å². The van der Waals surface area contributed by atoms with Gasteiger partial charge in [0.25, 0.3) is 5.91 Å². The molecule has 1 heterocycles. The lowest BCUT2D eigenvalue weighted by molar-refractivity contribution is -0.141. The molecule has 1 unspecified atom stereocenters. The quantitative estimate of drug-likeness (QED) is 0.924. The van der Waals surface area contributed by atoms with Crippen molar-refractivity contribution in [2.45, 2.75) is 19.4 Å². The zero-order valence-corrected chi connectivity index (χ0v) is 12.8. The third-order valence-corrected chi connectivity index (χ3v) is 4.29. The van der Waals surface area contributed by atoms with Crippen LogP contribution in [0, 0.1) is 6.92 Å². The Hall–Kier alpha value is -2.14. The minimum absolute atomic E-state index is 0.253. The number of thiophene rings is 1. The van der Waals surface area contributed by atoms with Crippen molar-refractivity contribution < 1.29 is 14.7 Å². The number of hydrogen-bond acceptors (Lipinski definition) is 3. The number of amides is 1. The number of carboxylic acids is 1. The summed E-state index contributed by atoms with van der Waals surface area (Å²) in [6.07, 6.45) is 0.293. The van der Waals surface area contributed by atoms with Gasteiger partial charge in [-0.2, -0.15) is 11.3 Å². The highest BCUT2D eigenvalue weighted by Gasteiger charge is 2.28. The van der Waals surface area contributed by atoms with Crippen LogP contribution >= 0.6 is 11.3 Å². The van der Waals surface area contributed by atoms with E-state index in [2.05, 4.69) is 0 Å². The van der Waals surface area contributed by atoms with E-state index < -0.39 is 12.0 Å². The van der Waals surface area contributed by atoms with Gasteiger partial charge in [0.1, 0.15) is 6.04 Å². The van der Waals surface area contributed by atoms with E-state index in [1.165, 1.54) is 16.2 Å². The van der Waals surface area contributed by atoms with E-state index in [0.717, 1.165) is 11.1 Å². The fourth-order valence-electron chi connectivity index (χ4n) is 2.14. The molecule has 0 aliphatic carbocycles. The molecule has 0 aliphatic heterocycles. The summed E-state index contributed by atoms with van der Waals surface area (Å²) in [5.41, 5.74) is 2.34. The molecule has 1 N–H and O–H groups in total. The maximum Gasteiger partial charge on any atom is 0.326 e. The van der Waals surface area contributed by atoms with Crippen LogP contribution in [-0.4, -0.2) is 35.0 Å². The van der Waals surface area contributed by atoms with Gasteiger partial charge < -0.3 is 10.0 Å². The van der Waals surface area contributed by atoms with Gasteiger partial charge in [-0.15, -0.1) is 0 Å². The zero-order chi connectivity index (χ0) is 15.4. The highest BCUT2D eigenvalue weighted by molar-refractivity contribution is 7.08. The lowest BCUT2D eigenvalue weighted by atomic mass is 10.0. The first-order valence-electron chi connectivity index (χ1n) is 6.57. The number of benzene rings is 1. The van der Waals surface area contributed by atoms with Crippen molar-refractivity contribution in [2.24, 2.45) is 0 Å². The van der Waals surface area contributed by atoms with Crippen molar-refractivity contribution in [3.05, 3.63) is 57.8 Å². The van der Waals surface area contributed by atoms with E-state index in [1.807, 2.05) is 42.6 Å². The smallest absolute Gasteiger partial charge is 0.326 e. The molecule has 0 aliphatic rings. The maximum absolute atomic E-state index is 12.4. The first-order chi connectivity index (χ1) is 10.0. The summed E-state index contributed by atoms with van der Waals surface area (Å²) in [6, 6.07) is 8.45. The van der Waals surface area contributed by atoms with Gasteiger partial charge in [0, 0.05) is 18.8 Å². The summed E-state index contributed by atoms with van der Waals surface area (Å²) in [4.78, 5) is 25.3. The number of carbonyl (C=O) groups excluding carboxylic acids is 1. The Morgan fingerprint density at radius 1 is 1.24 bits per heavy atom. The van der Waals surface area contributed by atoms with Crippen LogP contribution in [-0.2, 0) is 11.2 Å². The summed E-state index contributed by atoms with van der Waals surface area (Å²) >= 11 is 1.44. The van der Waals surface area contributed by atoms with Gasteiger partial charge in [0.2, 0.25) is 0 Å². The Balaban J connectivity index is 2.20. The third kappa shape index (κ3) is 3.49. The van der Waals surface area contributed by atoms with Crippen molar-refractivity contribution in [1.29, 1.82) is 0 Å². The fourth-order valence-corrected chi connectivity index (χ4v) is 2.96. The van der Waals surface area contributed by atoms with E-state index in [0.29, 0.717) is 12.0 Å². The lowest BCUT2D eigenvalue weighted by Crippen LogP contribution is -2.43. The number of likely N-dealkylation sites (N-methyl/N-ethyl adjacent to an activating group) is 1. The van der Waals surface area contributed by atoms with Crippen molar-refractivity contribution in [2.75, 3.05) is 7.05 Å². The second-order valence-electron chi connectivity index (χ2n) is 4.93. The van der Waals surface area contributed by atoms with Crippen LogP contribution < -0.4 is 0 Å². The Bertz CT molecular complexity index is 636. The zero-order valence-electron chi connectivity index (χ0n) is 11.9. The van der Waals surface area contributed by atoms with Crippen LogP contribution in [0.4, 0.5) is 0 Å². The lowest BCUT2D eigenvalue weighted by Gasteiger charge is -2.25. The molecule has 1 aromatic carbocycles. The Kier molecular flexibility index (Phi) is 4.75. The summed E-state index contributed by atoms with van der Waals surface area (Å²) in [5.74, 6) is -1.25. The van der Waals surface area contributed by atoms with Gasteiger partial charge in [-0.1, -0.05) is 30.3 Å². The number of nitrogens with zero attached hydrogens (tertiary/aromatic N) is 1. The number of aryl methyl sites for hydroxylation is 1. The molecule has 0 saturated heterocycles. The molecule has 0 bridgehead atoms. The van der Waals surface area contributed by atoms with Gasteiger partial charge in [0.05, 0.1) is 5.56 Å². The third-order valence-electron chi connectivity index (χ3n) is 3.43. The van der Waals surface area contributed by atoms with Gasteiger partial charge in [0.15, 0.2) is 0 Å². The first kappa shape index (κ1) is 15.3. The number of carboxylic acid groups (broad SMARTS) is 1. The molecule has 0 fully saturated rings. The summed E-state index contributed by atoms with van der Waals surface area (Å²) < 4.78 is 0. The molecule has 4 nitrogen and oxygen atoms in total. The van der Waals surface area contributed by atoms with Crippen LogP contribution in [0.2, 0.25) is 0 Å². The molecule has 5 heteroatoms. The highest BCUT2D eigenvalue weighted by Crippen LogP contribution is 2.18. The van der Waals surface area contributed by atoms with Crippen molar-refractivity contribution in [3.8, 4) is 0 Å². The van der Waals surface area contributed by atoms with E-state index in [-0.39, 0.29) is 5.91 Å². The monoisotopic (exact) mass is 303 g/mol. The molecule has 110 valence electrons. The van der Waals surface area contributed by atoms with Crippen molar-refractivity contribution >= 4 is 23.2 Å². The molecule has 21 heavy (non-hydrogen) atoms. The predicted molar refractivity (Wildman–Crippen MR) is 82.7 cm³/mol. The SMILES string of the molecule is Cc1cscc1C(=O)N(C)C(Cc1ccccc1)C(=O)O. The van der Waals surface area contributed by atoms with Crippen LogP contribution in [0.25, 0.3) is 0 Å². The number of carbonyl (C=O) groups is 2. The standard InChI is InChI=1S/C16H17NO3S/c1-11-9-21-10-13(11)15(18)17(2)14(16(19)20)8-12-6-4-3-5-7-12/h3-7,9-10,14H,8H2,1-2H3,(H,19,20). The van der Waals surface area contributed by atoms with Crippen LogP contribution in [0.3, 0.4) is 0 Å². The Morgan fingerprint density at radius 2 is 1.90 bits per heavy atom. The minimum Gasteiger partial charge on any atom is -0.480 e. The fraction of sp³-hybridized carbons (Fsp3) is 0.250. The molecule has 1 aromatic heterocycles. The van der Waals surface area contributed by atoms with Gasteiger partial charge >= 0.3 is 5.97 Å². The number of hydrogen-bond donors (Lipinski definition) is 1. The topological polar surface area (TPSA) is 57.6 Å². The molecular formula is C16H17NO3S. The van der Waals surface area contributed by atoms with Crippen LogP contribution in [0.1, 0.15) is 21.5 Å². The second-order valence-corrected chi connectivity index (χ2v) is 5.67. The molecule has 1 atom stereocenters. The summed E-state index contributed by atoms with van der Waals surface area (Å²) in [5, 5.41) is 13.1. The van der Waals surface area contributed by atoms with Crippen LogP contribution in [0.15, 0.2) is 41.1 Å². The maximum atomic E-state index is 12.4. The highest BCUT2D eigenvalue weighted by atomic mass is 32.1. The Labute approximate surface area is 127 Å².